The maximum atomic E-state index is 12.0. The molecule has 0 aromatic rings. The number of likely N-dealkylation sites (N-methyl/N-ethyl adjacent to an activating group) is 1. The Labute approximate surface area is 112 Å². The maximum Gasteiger partial charge on any atom is 0.411 e. The van der Waals surface area contributed by atoms with Crippen LogP contribution in [0.4, 0.5) is 4.79 Å². The summed E-state index contributed by atoms with van der Waals surface area (Å²) in [6.07, 6.45) is -0.864. The van der Waals surface area contributed by atoms with Crippen LogP contribution in [-0.2, 0) is 14.3 Å². The van der Waals surface area contributed by atoms with E-state index in [0.717, 1.165) is 0 Å². The fraction of sp³-hybridized carbons (Fsp3) is 0.750. The van der Waals surface area contributed by atoms with Crippen LogP contribution in [0.5, 0.6) is 0 Å². The Morgan fingerprint density at radius 1 is 1.42 bits per heavy atom. The number of hydrogen-bond acceptors (Lipinski definition) is 4. The zero-order valence-electron chi connectivity index (χ0n) is 11.7. The van der Waals surface area contributed by atoms with Crippen LogP contribution in [-0.4, -0.2) is 64.7 Å². The van der Waals surface area contributed by atoms with Gasteiger partial charge in [-0.05, 0) is 20.8 Å². The third-order valence-corrected chi connectivity index (χ3v) is 2.69. The molecule has 1 rings (SSSR count). The normalized spacial score (nSPS) is 20.4. The SMILES string of the molecule is CN1CC(CC(=O)O)N(C(=O)OC(C)(C)C)CC1=O. The Bertz CT molecular complexity index is 388. The van der Waals surface area contributed by atoms with Gasteiger partial charge in [0.1, 0.15) is 12.1 Å². The molecule has 0 spiro atoms. The minimum Gasteiger partial charge on any atom is -0.481 e. The summed E-state index contributed by atoms with van der Waals surface area (Å²) in [7, 11) is 1.59. The van der Waals surface area contributed by atoms with Crippen molar-refractivity contribution in [3.05, 3.63) is 0 Å². The van der Waals surface area contributed by atoms with E-state index >= 15 is 0 Å². The smallest absolute Gasteiger partial charge is 0.411 e. The zero-order valence-corrected chi connectivity index (χ0v) is 11.7. The Kier molecular flexibility index (Phi) is 4.39. The maximum absolute atomic E-state index is 12.0. The Morgan fingerprint density at radius 3 is 2.47 bits per heavy atom. The van der Waals surface area contributed by atoms with Crippen molar-refractivity contribution in [3.63, 3.8) is 0 Å². The van der Waals surface area contributed by atoms with Gasteiger partial charge in [-0.3, -0.25) is 14.5 Å². The van der Waals surface area contributed by atoms with Crippen LogP contribution in [0.1, 0.15) is 27.2 Å². The van der Waals surface area contributed by atoms with Gasteiger partial charge in [-0.15, -0.1) is 0 Å². The van der Waals surface area contributed by atoms with Crippen LogP contribution in [0.25, 0.3) is 0 Å². The van der Waals surface area contributed by atoms with Crippen molar-refractivity contribution in [2.45, 2.75) is 38.8 Å². The first-order valence-corrected chi connectivity index (χ1v) is 6.05. The lowest BCUT2D eigenvalue weighted by Crippen LogP contribution is -2.58. The van der Waals surface area contributed by atoms with Gasteiger partial charge in [0.15, 0.2) is 0 Å². The summed E-state index contributed by atoms with van der Waals surface area (Å²) in [5.41, 5.74) is -0.683. The molecule has 7 heteroatoms. The molecule has 7 nitrogen and oxygen atoms in total. The molecular formula is C12H20N2O5. The fourth-order valence-corrected chi connectivity index (χ4v) is 1.82. The lowest BCUT2D eigenvalue weighted by molar-refractivity contribution is -0.143. The summed E-state index contributed by atoms with van der Waals surface area (Å²) in [5, 5.41) is 8.87. The van der Waals surface area contributed by atoms with E-state index in [9.17, 15) is 14.4 Å². The molecular weight excluding hydrogens is 252 g/mol. The van der Waals surface area contributed by atoms with Gasteiger partial charge in [0.2, 0.25) is 5.91 Å². The van der Waals surface area contributed by atoms with Gasteiger partial charge in [0, 0.05) is 13.6 Å². The highest BCUT2D eigenvalue weighted by Crippen LogP contribution is 2.17. The second-order valence-corrected chi connectivity index (χ2v) is 5.63. The summed E-state index contributed by atoms with van der Waals surface area (Å²) >= 11 is 0. The number of hydrogen-bond donors (Lipinski definition) is 1. The molecule has 0 bridgehead atoms. The molecule has 1 unspecified atom stereocenters. The molecule has 1 N–H and O–H groups in total. The predicted molar refractivity (Wildman–Crippen MR) is 66.6 cm³/mol. The minimum atomic E-state index is -1.01. The predicted octanol–water partition coefficient (Wildman–Crippen LogP) is 0.539. The summed E-state index contributed by atoms with van der Waals surface area (Å²) in [6, 6.07) is -0.560. The van der Waals surface area contributed by atoms with Crippen LogP contribution in [0.15, 0.2) is 0 Å². The van der Waals surface area contributed by atoms with E-state index in [-0.39, 0.29) is 25.4 Å². The molecule has 1 aliphatic rings. The zero-order chi connectivity index (χ0) is 14.8. The van der Waals surface area contributed by atoms with E-state index < -0.39 is 23.7 Å². The van der Waals surface area contributed by atoms with Gasteiger partial charge in [-0.25, -0.2) is 4.79 Å². The first-order chi connectivity index (χ1) is 8.60. The molecule has 1 aliphatic heterocycles. The number of nitrogens with zero attached hydrogens (tertiary/aromatic N) is 2. The van der Waals surface area contributed by atoms with Crippen LogP contribution >= 0.6 is 0 Å². The van der Waals surface area contributed by atoms with Crippen molar-refractivity contribution < 1.29 is 24.2 Å². The first-order valence-electron chi connectivity index (χ1n) is 6.05. The van der Waals surface area contributed by atoms with E-state index in [4.69, 9.17) is 9.84 Å². The van der Waals surface area contributed by atoms with Crippen molar-refractivity contribution in [2.75, 3.05) is 20.1 Å². The molecule has 0 aliphatic carbocycles. The van der Waals surface area contributed by atoms with Crippen molar-refractivity contribution in [2.24, 2.45) is 0 Å². The van der Waals surface area contributed by atoms with Gasteiger partial charge in [0.05, 0.1) is 12.5 Å². The number of ether oxygens (including phenoxy) is 1. The second-order valence-electron chi connectivity index (χ2n) is 5.63. The first kappa shape index (κ1) is 15.3. The summed E-state index contributed by atoms with van der Waals surface area (Å²) < 4.78 is 5.20. The Hall–Kier alpha value is -1.79. The van der Waals surface area contributed by atoms with E-state index in [1.807, 2.05) is 0 Å². The number of amides is 2. The Morgan fingerprint density at radius 2 is 2.00 bits per heavy atom. The number of aliphatic carboxylic acids is 1. The highest BCUT2D eigenvalue weighted by Gasteiger charge is 2.36. The molecule has 0 saturated carbocycles. The molecule has 0 aromatic heterocycles. The topological polar surface area (TPSA) is 87.2 Å². The van der Waals surface area contributed by atoms with E-state index in [0.29, 0.717) is 0 Å². The van der Waals surface area contributed by atoms with E-state index in [1.165, 1.54) is 9.80 Å². The largest absolute Gasteiger partial charge is 0.481 e. The highest BCUT2D eigenvalue weighted by atomic mass is 16.6. The molecule has 1 heterocycles. The van der Waals surface area contributed by atoms with Gasteiger partial charge in [0.25, 0.3) is 0 Å². The standard InChI is InChI=1S/C12H20N2O5/c1-12(2,3)19-11(18)14-7-9(15)13(4)6-8(14)5-10(16)17/h8H,5-7H2,1-4H3,(H,16,17). The molecule has 0 radical (unpaired) electrons. The van der Waals surface area contributed by atoms with Gasteiger partial charge in [-0.1, -0.05) is 0 Å². The number of carbonyl (C=O) groups excluding carboxylic acids is 2. The lowest BCUT2D eigenvalue weighted by atomic mass is 10.1. The van der Waals surface area contributed by atoms with Crippen LogP contribution in [0.3, 0.4) is 0 Å². The minimum absolute atomic E-state index is 0.149. The number of rotatable bonds is 2. The Balaban J connectivity index is 2.83. The molecule has 1 atom stereocenters. The van der Waals surface area contributed by atoms with Gasteiger partial charge >= 0.3 is 12.1 Å². The summed E-state index contributed by atoms with van der Waals surface area (Å²) in [5.74, 6) is -1.24. The molecule has 2 amide bonds. The highest BCUT2D eigenvalue weighted by molar-refractivity contribution is 5.84. The van der Waals surface area contributed by atoms with Crippen molar-refractivity contribution in [3.8, 4) is 0 Å². The molecule has 1 saturated heterocycles. The fourth-order valence-electron chi connectivity index (χ4n) is 1.82. The van der Waals surface area contributed by atoms with Crippen LogP contribution in [0, 0.1) is 0 Å². The molecule has 0 aromatic carbocycles. The third-order valence-electron chi connectivity index (χ3n) is 2.69. The number of carboxylic acids is 1. The number of carboxylic acid groups (broad SMARTS) is 1. The summed E-state index contributed by atoms with van der Waals surface area (Å²) in [6.45, 7) is 5.20. The van der Waals surface area contributed by atoms with Crippen molar-refractivity contribution in [1.29, 1.82) is 0 Å². The molecule has 19 heavy (non-hydrogen) atoms. The third kappa shape index (κ3) is 4.42. The molecule has 1 fully saturated rings. The second kappa shape index (κ2) is 5.46. The molecule has 108 valence electrons. The van der Waals surface area contributed by atoms with Crippen LogP contribution < -0.4 is 0 Å². The van der Waals surface area contributed by atoms with Gasteiger partial charge in [-0.2, -0.15) is 0 Å². The number of carbonyl (C=O) groups is 3. The van der Waals surface area contributed by atoms with Crippen LogP contribution in [0.2, 0.25) is 0 Å². The van der Waals surface area contributed by atoms with E-state index in [1.54, 1.807) is 27.8 Å². The average molecular weight is 272 g/mol. The lowest BCUT2D eigenvalue weighted by Gasteiger charge is -2.39. The van der Waals surface area contributed by atoms with E-state index in [2.05, 4.69) is 0 Å². The quantitative estimate of drug-likeness (QED) is 0.792. The number of piperazine rings is 1. The average Bonchev–Trinajstić information content (AvgIpc) is 2.19. The summed E-state index contributed by atoms with van der Waals surface area (Å²) in [4.78, 5) is 37.1. The van der Waals surface area contributed by atoms with Crippen molar-refractivity contribution in [1.82, 2.24) is 9.80 Å². The van der Waals surface area contributed by atoms with Crippen molar-refractivity contribution >= 4 is 18.0 Å². The monoisotopic (exact) mass is 272 g/mol. The van der Waals surface area contributed by atoms with Gasteiger partial charge < -0.3 is 14.7 Å².